The number of anilines is 3. The van der Waals surface area contributed by atoms with Gasteiger partial charge in [-0.25, -0.2) is 18.7 Å². The van der Waals surface area contributed by atoms with Gasteiger partial charge in [-0.2, -0.15) is 0 Å². The molecule has 0 saturated carbocycles. The van der Waals surface area contributed by atoms with E-state index in [1.807, 2.05) is 18.3 Å². The molecule has 3 N–H and O–H groups in total. The number of hydrogen-bond donors (Lipinski definition) is 3. The number of hydrogen-bond acceptors (Lipinski definition) is 4. The smallest absolute Gasteiger partial charge is 0.160 e. The number of nitrogens with one attached hydrogen (secondary N) is 3. The molecule has 0 atom stereocenters. The molecule has 0 amide bonds. The van der Waals surface area contributed by atoms with E-state index in [0.717, 1.165) is 24.1 Å². The zero-order valence-electron chi connectivity index (χ0n) is 15.3. The van der Waals surface area contributed by atoms with Crippen molar-refractivity contribution < 1.29 is 8.78 Å². The highest BCUT2D eigenvalue weighted by molar-refractivity contribution is 5.83. The first kappa shape index (κ1) is 17.9. The topological polar surface area (TPSA) is 65.6 Å². The first-order valence-corrected chi connectivity index (χ1v) is 8.95. The molecule has 0 aliphatic rings. The van der Waals surface area contributed by atoms with E-state index in [-0.39, 0.29) is 0 Å². The molecule has 0 spiro atoms. The van der Waals surface area contributed by atoms with Gasteiger partial charge in [-0.15, -0.1) is 0 Å². The van der Waals surface area contributed by atoms with Crippen molar-refractivity contribution in [3.05, 3.63) is 77.8 Å². The maximum Gasteiger partial charge on any atom is 0.160 e. The third-order valence-corrected chi connectivity index (χ3v) is 4.41. The molecule has 0 aliphatic carbocycles. The van der Waals surface area contributed by atoms with Gasteiger partial charge in [-0.1, -0.05) is 18.2 Å². The van der Waals surface area contributed by atoms with Crippen molar-refractivity contribution in [2.24, 2.45) is 0 Å². The molecule has 28 heavy (non-hydrogen) atoms. The maximum absolute atomic E-state index is 13.4. The number of fused-ring (bicyclic) bond motifs is 1. The number of aromatic amines is 1. The lowest BCUT2D eigenvalue weighted by atomic mass is 10.1. The van der Waals surface area contributed by atoms with Crippen molar-refractivity contribution in [3.8, 4) is 0 Å². The average molecular weight is 379 g/mol. The Morgan fingerprint density at radius 1 is 0.964 bits per heavy atom. The molecule has 0 radical (unpaired) electrons. The standard InChI is InChI=1S/C21H19F2N5/c1-13-26-20(11-21(27-13)28-15-6-7-17(22)18(23)10-15)24-9-8-14-12-25-19-5-3-2-4-16(14)19/h2-7,10-12,25H,8-9H2,1H3,(H2,24,26,27,28). The second kappa shape index (κ2) is 7.64. The Hall–Kier alpha value is -3.48. The molecule has 4 rings (SSSR count). The minimum atomic E-state index is -0.909. The van der Waals surface area contributed by atoms with E-state index in [1.165, 1.54) is 17.0 Å². The van der Waals surface area contributed by atoms with Gasteiger partial charge in [0, 0.05) is 41.5 Å². The summed E-state index contributed by atoms with van der Waals surface area (Å²) >= 11 is 0. The van der Waals surface area contributed by atoms with Crippen molar-refractivity contribution >= 4 is 28.2 Å². The molecule has 2 aromatic heterocycles. The molecule has 7 heteroatoms. The van der Waals surface area contributed by atoms with Gasteiger partial charge < -0.3 is 15.6 Å². The SMILES string of the molecule is Cc1nc(NCCc2c[nH]c3ccccc23)cc(Nc2ccc(F)c(F)c2)n1. The lowest BCUT2D eigenvalue weighted by Crippen LogP contribution is -2.08. The molecule has 4 aromatic rings. The summed E-state index contributed by atoms with van der Waals surface area (Å²) in [5.74, 6) is -0.0513. The van der Waals surface area contributed by atoms with Crippen LogP contribution in [-0.4, -0.2) is 21.5 Å². The normalized spacial score (nSPS) is 11.0. The summed E-state index contributed by atoms with van der Waals surface area (Å²) in [4.78, 5) is 12.0. The molecule has 2 heterocycles. The van der Waals surface area contributed by atoms with Crippen LogP contribution in [0, 0.1) is 18.6 Å². The molecular formula is C21H19F2N5. The molecule has 142 valence electrons. The minimum absolute atomic E-state index is 0.418. The van der Waals surface area contributed by atoms with Crippen LogP contribution in [0.4, 0.5) is 26.1 Å². The maximum atomic E-state index is 13.4. The Labute approximate surface area is 160 Å². The summed E-state index contributed by atoms with van der Waals surface area (Å²) < 4.78 is 26.5. The Morgan fingerprint density at radius 2 is 1.79 bits per heavy atom. The van der Waals surface area contributed by atoms with Crippen LogP contribution in [0.1, 0.15) is 11.4 Å². The molecule has 0 saturated heterocycles. The van der Waals surface area contributed by atoms with Gasteiger partial charge in [0.05, 0.1) is 0 Å². The zero-order chi connectivity index (χ0) is 19.5. The molecule has 0 fully saturated rings. The number of aryl methyl sites for hydroxylation is 1. The lowest BCUT2D eigenvalue weighted by molar-refractivity contribution is 0.509. The molecule has 0 bridgehead atoms. The summed E-state index contributed by atoms with van der Waals surface area (Å²) in [5, 5.41) is 7.49. The number of benzene rings is 2. The second-order valence-electron chi connectivity index (χ2n) is 6.48. The number of aromatic nitrogens is 3. The quantitative estimate of drug-likeness (QED) is 0.444. The summed E-state index contributed by atoms with van der Waals surface area (Å²) in [6.07, 6.45) is 2.85. The molecule has 2 aromatic carbocycles. The van der Waals surface area contributed by atoms with Crippen molar-refractivity contribution in [1.29, 1.82) is 0 Å². The first-order chi connectivity index (χ1) is 13.6. The third-order valence-electron chi connectivity index (χ3n) is 4.41. The first-order valence-electron chi connectivity index (χ1n) is 8.95. The van der Waals surface area contributed by atoms with Crippen molar-refractivity contribution in [2.75, 3.05) is 17.2 Å². The zero-order valence-corrected chi connectivity index (χ0v) is 15.3. The third kappa shape index (κ3) is 3.93. The van der Waals surface area contributed by atoms with Crippen molar-refractivity contribution in [1.82, 2.24) is 15.0 Å². The minimum Gasteiger partial charge on any atom is -0.370 e. The van der Waals surface area contributed by atoms with Crippen LogP contribution in [0.2, 0.25) is 0 Å². The van der Waals surface area contributed by atoms with Crippen LogP contribution >= 0.6 is 0 Å². The van der Waals surface area contributed by atoms with Crippen molar-refractivity contribution in [3.63, 3.8) is 0 Å². The fraction of sp³-hybridized carbons (Fsp3) is 0.143. The van der Waals surface area contributed by atoms with Gasteiger partial charge in [0.25, 0.3) is 0 Å². The van der Waals surface area contributed by atoms with E-state index in [0.29, 0.717) is 29.7 Å². The van der Waals surface area contributed by atoms with Crippen LogP contribution in [-0.2, 0) is 6.42 Å². The fourth-order valence-corrected chi connectivity index (χ4v) is 3.11. The largest absolute Gasteiger partial charge is 0.370 e. The highest BCUT2D eigenvalue weighted by Gasteiger charge is 2.07. The highest BCUT2D eigenvalue weighted by atomic mass is 19.2. The predicted octanol–water partition coefficient (Wildman–Crippen LogP) is 4.94. The molecular weight excluding hydrogens is 360 g/mol. The monoisotopic (exact) mass is 379 g/mol. The van der Waals surface area contributed by atoms with Gasteiger partial charge in [0.1, 0.15) is 17.5 Å². The fourth-order valence-electron chi connectivity index (χ4n) is 3.11. The van der Waals surface area contributed by atoms with Gasteiger partial charge in [0.15, 0.2) is 11.6 Å². The van der Waals surface area contributed by atoms with Crippen LogP contribution < -0.4 is 10.6 Å². The van der Waals surface area contributed by atoms with Crippen LogP contribution in [0.15, 0.2) is 54.7 Å². The number of rotatable bonds is 6. The van der Waals surface area contributed by atoms with E-state index in [9.17, 15) is 8.78 Å². The van der Waals surface area contributed by atoms with E-state index in [1.54, 1.807) is 13.0 Å². The number of nitrogens with zero attached hydrogens (tertiary/aromatic N) is 2. The Balaban J connectivity index is 1.44. The van der Waals surface area contributed by atoms with Crippen LogP contribution in [0.25, 0.3) is 10.9 Å². The van der Waals surface area contributed by atoms with E-state index >= 15 is 0 Å². The molecule has 0 aliphatic heterocycles. The molecule has 5 nitrogen and oxygen atoms in total. The Kier molecular flexibility index (Phi) is 4.89. The van der Waals surface area contributed by atoms with Crippen LogP contribution in [0.5, 0.6) is 0 Å². The number of para-hydroxylation sites is 1. The van der Waals surface area contributed by atoms with Gasteiger partial charge in [-0.3, -0.25) is 0 Å². The summed E-state index contributed by atoms with van der Waals surface area (Å²) in [5.41, 5.74) is 2.77. The van der Waals surface area contributed by atoms with Gasteiger partial charge in [0.2, 0.25) is 0 Å². The van der Waals surface area contributed by atoms with Crippen LogP contribution in [0.3, 0.4) is 0 Å². The second-order valence-corrected chi connectivity index (χ2v) is 6.48. The average Bonchev–Trinajstić information content (AvgIpc) is 3.08. The van der Waals surface area contributed by atoms with Gasteiger partial charge >= 0.3 is 0 Å². The summed E-state index contributed by atoms with van der Waals surface area (Å²) in [7, 11) is 0. The van der Waals surface area contributed by atoms with Gasteiger partial charge in [-0.05, 0) is 37.1 Å². The van der Waals surface area contributed by atoms with E-state index < -0.39 is 11.6 Å². The lowest BCUT2D eigenvalue weighted by Gasteiger charge is -2.10. The van der Waals surface area contributed by atoms with Crippen molar-refractivity contribution in [2.45, 2.75) is 13.3 Å². The van der Waals surface area contributed by atoms with E-state index in [4.69, 9.17) is 0 Å². The number of halogens is 2. The highest BCUT2D eigenvalue weighted by Crippen LogP contribution is 2.21. The van der Waals surface area contributed by atoms with E-state index in [2.05, 4.69) is 37.7 Å². The Morgan fingerprint density at radius 3 is 2.64 bits per heavy atom. The summed E-state index contributed by atoms with van der Waals surface area (Å²) in [6.45, 7) is 2.48. The Bertz CT molecular complexity index is 1120. The summed E-state index contributed by atoms with van der Waals surface area (Å²) in [6, 6.07) is 13.5. The number of H-pyrrole nitrogens is 1. The molecule has 0 unspecified atom stereocenters. The predicted molar refractivity (Wildman–Crippen MR) is 107 cm³/mol.